The van der Waals surface area contributed by atoms with E-state index in [0.717, 1.165) is 63.5 Å². The molecule has 1 saturated carbocycles. The highest BCUT2D eigenvalue weighted by atomic mass is 32.2. The molecule has 0 atom stereocenters. The zero-order valence-electron chi connectivity index (χ0n) is 27.7. The highest BCUT2D eigenvalue weighted by molar-refractivity contribution is 7.89. The van der Waals surface area contributed by atoms with Crippen molar-refractivity contribution in [2.75, 3.05) is 58.3 Å². The lowest BCUT2D eigenvalue weighted by molar-refractivity contribution is 0.0974. The summed E-state index contributed by atoms with van der Waals surface area (Å²) < 4.78 is 34.9. The highest BCUT2D eigenvalue weighted by Crippen LogP contribution is 2.43. The first kappa shape index (κ1) is 33.0. The number of aliphatic imine (C=N–C) groups is 1. The van der Waals surface area contributed by atoms with Crippen molar-refractivity contribution < 1.29 is 13.2 Å². The monoisotopic (exact) mass is 634 g/mol. The van der Waals surface area contributed by atoms with Gasteiger partial charge in [-0.15, -0.1) is 0 Å². The molecule has 2 aromatic rings. The molecule has 0 radical (unpaired) electrons. The van der Waals surface area contributed by atoms with Gasteiger partial charge in [-0.25, -0.2) is 13.4 Å². The Morgan fingerprint density at radius 3 is 2.22 bits per heavy atom. The Morgan fingerprint density at radius 1 is 1.07 bits per heavy atom. The van der Waals surface area contributed by atoms with Gasteiger partial charge < -0.3 is 19.4 Å². The number of hydrogen-bond acceptors (Lipinski definition) is 7. The molecule has 0 amide bonds. The molecule has 0 bridgehead atoms. The number of aryl methyl sites for hydroxylation is 2. The molecule has 3 aliphatic rings. The summed E-state index contributed by atoms with van der Waals surface area (Å²) in [4.78, 5) is 16.5. The maximum absolute atomic E-state index is 13.9. The first-order valence-electron chi connectivity index (χ1n) is 16.2. The van der Waals surface area contributed by atoms with Gasteiger partial charge in [-0.3, -0.25) is 4.98 Å². The normalized spacial score (nSPS) is 19.2. The average molecular weight is 635 g/mol. The van der Waals surface area contributed by atoms with E-state index in [0.29, 0.717) is 40.3 Å². The molecular weight excluding hydrogens is 584 g/mol. The predicted octanol–water partition coefficient (Wildman–Crippen LogP) is 5.62. The molecule has 2 aliphatic heterocycles. The minimum atomic E-state index is -3.65. The van der Waals surface area contributed by atoms with E-state index in [2.05, 4.69) is 38.4 Å². The summed E-state index contributed by atoms with van der Waals surface area (Å²) in [5.41, 5.74) is 3.09. The van der Waals surface area contributed by atoms with Crippen molar-refractivity contribution in [3.8, 4) is 5.75 Å². The second kappa shape index (κ2) is 14.0. The quantitative estimate of drug-likeness (QED) is 0.180. The third kappa shape index (κ3) is 7.55. The lowest BCUT2D eigenvalue weighted by atomic mass is 9.71. The smallest absolute Gasteiger partial charge is 0.243 e. The Hall–Kier alpha value is -3.37. The van der Waals surface area contributed by atoms with E-state index in [9.17, 15) is 8.42 Å². The summed E-state index contributed by atoms with van der Waals surface area (Å²) in [5, 5.41) is 0. The first-order valence-corrected chi connectivity index (χ1v) is 17.7. The fourth-order valence-corrected chi connectivity index (χ4v) is 8.99. The SMILES string of the molecule is C=C/C=C(\N=C(/C)N(C)CCN(C1CC1)S(=O)(=O)c1c(C)cc(OC)cc1C)N1CCC2(CC1)CCN(c1ccncc1)CC2. The summed E-state index contributed by atoms with van der Waals surface area (Å²) in [6.45, 7) is 14.7. The highest BCUT2D eigenvalue weighted by Gasteiger charge is 2.40. The summed E-state index contributed by atoms with van der Waals surface area (Å²) in [7, 11) is -0.0591. The van der Waals surface area contributed by atoms with Crippen LogP contribution in [0.4, 0.5) is 5.69 Å². The maximum Gasteiger partial charge on any atom is 0.243 e. The number of amidine groups is 1. The number of aromatic nitrogens is 1. The fourth-order valence-electron chi connectivity index (χ4n) is 6.90. The van der Waals surface area contributed by atoms with Gasteiger partial charge in [-0.1, -0.05) is 12.7 Å². The molecule has 244 valence electrons. The number of pyridine rings is 1. The topological polar surface area (TPSA) is 81.6 Å². The number of piperidine rings is 2. The zero-order valence-corrected chi connectivity index (χ0v) is 28.5. The standard InChI is InChI=1S/C35H50N6O3S/c1-7-8-33(40-21-15-35(16-22-40)13-19-39(20-14-35)30-11-17-36-18-12-30)37-29(4)38(5)23-24-41(31-9-10-31)45(42,43)34-27(2)25-32(44-6)26-28(34)3/h7-8,11-12,17-18,25-26,31H,1,9-10,13-16,19-24H2,2-6H3/b33-8+,37-29+. The Labute approximate surface area is 270 Å². The van der Waals surface area contributed by atoms with E-state index >= 15 is 0 Å². The van der Waals surface area contributed by atoms with Crippen molar-refractivity contribution in [1.82, 2.24) is 19.1 Å². The van der Waals surface area contributed by atoms with Gasteiger partial charge in [0.05, 0.1) is 12.0 Å². The van der Waals surface area contributed by atoms with Crippen molar-refractivity contribution in [2.45, 2.75) is 70.2 Å². The number of likely N-dealkylation sites (tertiary alicyclic amines) is 1. The van der Waals surface area contributed by atoms with Crippen molar-refractivity contribution in [3.05, 3.63) is 72.3 Å². The van der Waals surface area contributed by atoms with Crippen molar-refractivity contribution in [3.63, 3.8) is 0 Å². The van der Waals surface area contributed by atoms with Gasteiger partial charge >= 0.3 is 0 Å². The predicted molar refractivity (Wildman–Crippen MR) is 182 cm³/mol. The fraction of sp³-hybridized carbons (Fsp3) is 0.543. The summed E-state index contributed by atoms with van der Waals surface area (Å²) >= 11 is 0. The average Bonchev–Trinajstić information content (AvgIpc) is 3.86. The number of nitrogens with zero attached hydrogens (tertiary/aromatic N) is 6. The van der Waals surface area contributed by atoms with Gasteiger partial charge in [0, 0.05) is 70.4 Å². The molecule has 3 heterocycles. The molecule has 45 heavy (non-hydrogen) atoms. The van der Waals surface area contributed by atoms with Crippen LogP contribution in [0.1, 0.15) is 56.6 Å². The molecule has 1 aliphatic carbocycles. The molecule has 1 spiro atoms. The zero-order chi connectivity index (χ0) is 32.2. The second-order valence-electron chi connectivity index (χ2n) is 13.0. The molecular formula is C35H50N6O3S. The van der Waals surface area contributed by atoms with Crippen LogP contribution >= 0.6 is 0 Å². The number of allylic oxidation sites excluding steroid dienone is 2. The Balaban J connectivity index is 1.20. The van der Waals surface area contributed by atoms with Gasteiger partial charge in [-0.05, 0) is 106 Å². The first-order chi connectivity index (χ1) is 21.6. The molecule has 0 N–H and O–H groups in total. The lowest BCUT2D eigenvalue weighted by Crippen LogP contribution is -2.46. The number of rotatable bonds is 11. The molecule has 5 rings (SSSR count). The Morgan fingerprint density at radius 2 is 1.67 bits per heavy atom. The third-order valence-electron chi connectivity index (χ3n) is 9.94. The van der Waals surface area contributed by atoms with Crippen molar-refractivity contribution >= 4 is 21.5 Å². The van der Waals surface area contributed by atoms with Crippen LogP contribution in [0, 0.1) is 19.3 Å². The van der Waals surface area contributed by atoms with E-state index in [4.69, 9.17) is 9.73 Å². The number of likely N-dealkylation sites (N-methyl/N-ethyl adjacent to an activating group) is 1. The Kier molecular flexibility index (Phi) is 10.2. The van der Waals surface area contributed by atoms with Crippen LogP contribution in [0.5, 0.6) is 5.75 Å². The number of anilines is 1. The number of sulfonamides is 1. The van der Waals surface area contributed by atoms with Gasteiger partial charge in [0.1, 0.15) is 17.4 Å². The molecule has 0 unspecified atom stereocenters. The van der Waals surface area contributed by atoms with Gasteiger partial charge in [-0.2, -0.15) is 4.31 Å². The third-order valence-corrected chi connectivity index (χ3v) is 12.2. The van der Waals surface area contributed by atoms with Crippen LogP contribution in [0.15, 0.2) is 71.1 Å². The van der Waals surface area contributed by atoms with E-state index in [1.54, 1.807) is 23.5 Å². The van der Waals surface area contributed by atoms with E-state index in [1.165, 1.54) is 18.5 Å². The molecule has 1 aromatic carbocycles. The van der Waals surface area contributed by atoms with Crippen LogP contribution in [0.3, 0.4) is 0 Å². The molecule has 1 aromatic heterocycles. The van der Waals surface area contributed by atoms with Crippen LogP contribution in [-0.4, -0.2) is 92.8 Å². The van der Waals surface area contributed by atoms with Crippen LogP contribution in [-0.2, 0) is 10.0 Å². The van der Waals surface area contributed by atoms with Crippen molar-refractivity contribution in [1.29, 1.82) is 0 Å². The summed E-state index contributed by atoms with van der Waals surface area (Å²) in [6, 6.07) is 7.87. The van der Waals surface area contributed by atoms with E-state index in [-0.39, 0.29) is 6.04 Å². The van der Waals surface area contributed by atoms with Crippen LogP contribution in [0.25, 0.3) is 0 Å². The number of ether oxygens (including phenoxy) is 1. The summed E-state index contributed by atoms with van der Waals surface area (Å²) in [5.74, 6) is 2.46. The second-order valence-corrected chi connectivity index (χ2v) is 14.8. The largest absolute Gasteiger partial charge is 0.497 e. The van der Waals surface area contributed by atoms with E-state index < -0.39 is 10.0 Å². The molecule has 3 fully saturated rings. The Bertz CT molecular complexity index is 1480. The maximum atomic E-state index is 13.9. The minimum Gasteiger partial charge on any atom is -0.497 e. The lowest BCUT2D eigenvalue weighted by Gasteiger charge is -2.48. The minimum absolute atomic E-state index is 0.0509. The van der Waals surface area contributed by atoms with Gasteiger partial charge in [0.15, 0.2) is 0 Å². The summed E-state index contributed by atoms with van der Waals surface area (Å²) in [6.07, 6.45) is 14.1. The van der Waals surface area contributed by atoms with Crippen molar-refractivity contribution in [2.24, 2.45) is 10.4 Å². The van der Waals surface area contributed by atoms with Crippen LogP contribution in [0.2, 0.25) is 0 Å². The molecule has 2 saturated heterocycles. The van der Waals surface area contributed by atoms with Crippen LogP contribution < -0.4 is 9.64 Å². The number of hydrogen-bond donors (Lipinski definition) is 0. The molecule has 10 heteroatoms. The number of methoxy groups -OCH3 is 1. The van der Waals surface area contributed by atoms with Gasteiger partial charge in [0.25, 0.3) is 0 Å². The number of benzene rings is 1. The van der Waals surface area contributed by atoms with E-state index in [1.807, 2.05) is 52.4 Å². The molecule has 9 nitrogen and oxygen atoms in total. The van der Waals surface area contributed by atoms with Gasteiger partial charge in [0.2, 0.25) is 10.0 Å².